The summed E-state index contributed by atoms with van der Waals surface area (Å²) >= 11 is 0. The van der Waals surface area contributed by atoms with Crippen LogP contribution in [0.4, 0.5) is 0 Å². The van der Waals surface area contributed by atoms with E-state index in [2.05, 4.69) is 43.6 Å². The zero-order valence-corrected chi connectivity index (χ0v) is 16.9. The first-order valence-corrected chi connectivity index (χ1v) is 9.20. The average Bonchev–Trinajstić information content (AvgIpc) is 2.57. The number of hydrogen-bond donors (Lipinski definition) is 2. The maximum atomic E-state index is 12.1. The first-order valence-electron chi connectivity index (χ1n) is 9.20. The molecular weight excluding hydrogens is 340 g/mol. The molecule has 0 saturated heterocycles. The van der Waals surface area contributed by atoms with E-state index < -0.39 is 11.7 Å². The monoisotopic (exact) mass is 370 g/mol. The van der Waals surface area contributed by atoms with Gasteiger partial charge in [0.15, 0.2) is 0 Å². The molecule has 0 aromatic heterocycles. The molecule has 1 aliphatic carbocycles. The summed E-state index contributed by atoms with van der Waals surface area (Å²) in [4.78, 5) is 35.8. The minimum absolute atomic E-state index is 0.00284. The molecule has 0 heterocycles. The fourth-order valence-electron chi connectivity index (χ4n) is 2.55. The van der Waals surface area contributed by atoms with Crippen molar-refractivity contribution in [2.45, 2.75) is 53.4 Å². The lowest BCUT2D eigenvalue weighted by atomic mass is 10.1. The van der Waals surface area contributed by atoms with Crippen molar-refractivity contribution in [1.29, 1.82) is 0 Å². The quantitative estimate of drug-likeness (QED) is 0.369. The molecule has 0 aromatic carbocycles. The van der Waals surface area contributed by atoms with Gasteiger partial charge in [-0.25, -0.2) is 0 Å². The fourth-order valence-corrected chi connectivity index (χ4v) is 2.55. The van der Waals surface area contributed by atoms with Crippen molar-refractivity contribution in [1.82, 2.24) is 10.6 Å². The molecule has 5 nitrogen and oxygen atoms in total. The van der Waals surface area contributed by atoms with E-state index in [-0.39, 0.29) is 17.2 Å². The highest BCUT2D eigenvalue weighted by molar-refractivity contribution is 6.20. The second kappa shape index (κ2) is 11.1. The van der Waals surface area contributed by atoms with E-state index in [0.717, 1.165) is 37.3 Å². The van der Waals surface area contributed by atoms with Crippen LogP contribution in [0.3, 0.4) is 0 Å². The van der Waals surface area contributed by atoms with Crippen molar-refractivity contribution >= 4 is 17.5 Å². The minimum atomic E-state index is -0.398. The standard InChI is InChI=1S/C22H30N2O3/c1-15(2)8-6-9-16(3)10-7-11-17(4)12-22(27)24-19-14-20(25)18(23-5)13-21(19)26/h8,10,12-14,23H,6-7,9,11H2,1-5H3,(H,24,27). The Kier molecular flexibility index (Phi) is 9.20. The van der Waals surface area contributed by atoms with Gasteiger partial charge in [-0.1, -0.05) is 28.9 Å². The van der Waals surface area contributed by atoms with Crippen LogP contribution in [-0.4, -0.2) is 24.5 Å². The van der Waals surface area contributed by atoms with Crippen molar-refractivity contribution in [2.75, 3.05) is 7.05 Å². The van der Waals surface area contributed by atoms with Crippen molar-refractivity contribution < 1.29 is 14.4 Å². The molecule has 0 atom stereocenters. The van der Waals surface area contributed by atoms with Crippen LogP contribution in [0.2, 0.25) is 0 Å². The molecule has 5 heteroatoms. The molecule has 0 saturated carbocycles. The molecule has 0 bridgehead atoms. The van der Waals surface area contributed by atoms with Gasteiger partial charge in [0.1, 0.15) is 0 Å². The molecule has 0 spiro atoms. The Morgan fingerprint density at radius 2 is 1.44 bits per heavy atom. The first kappa shape index (κ1) is 22.4. The lowest BCUT2D eigenvalue weighted by molar-refractivity contribution is -0.119. The van der Waals surface area contributed by atoms with Crippen LogP contribution < -0.4 is 10.6 Å². The summed E-state index contributed by atoms with van der Waals surface area (Å²) < 4.78 is 0. The number of hydrogen-bond acceptors (Lipinski definition) is 4. The lowest BCUT2D eigenvalue weighted by Crippen LogP contribution is -2.30. The molecule has 146 valence electrons. The molecule has 0 radical (unpaired) electrons. The summed E-state index contributed by atoms with van der Waals surface area (Å²) in [6.07, 6.45) is 12.0. The van der Waals surface area contributed by atoms with E-state index in [0.29, 0.717) is 0 Å². The highest BCUT2D eigenvalue weighted by Gasteiger charge is 2.20. The number of ketones is 2. The van der Waals surface area contributed by atoms with Gasteiger partial charge in [-0.15, -0.1) is 0 Å². The SMILES string of the molecule is CNC1=CC(=O)C(NC(=O)C=C(C)CCC=C(C)CCC=C(C)C)=CC1=O. The molecule has 0 unspecified atom stereocenters. The molecule has 0 aromatic rings. The Bertz CT molecular complexity index is 746. The molecule has 27 heavy (non-hydrogen) atoms. The van der Waals surface area contributed by atoms with Crippen LogP contribution in [-0.2, 0) is 14.4 Å². The van der Waals surface area contributed by atoms with Gasteiger partial charge < -0.3 is 10.6 Å². The minimum Gasteiger partial charge on any atom is -0.385 e. The summed E-state index contributed by atoms with van der Waals surface area (Å²) in [7, 11) is 1.57. The number of carbonyl (C=O) groups is 3. The number of amides is 1. The summed E-state index contributed by atoms with van der Waals surface area (Å²) in [6.45, 7) is 8.20. The van der Waals surface area contributed by atoms with E-state index in [1.165, 1.54) is 23.3 Å². The maximum Gasteiger partial charge on any atom is 0.248 e. The second-order valence-electron chi connectivity index (χ2n) is 6.98. The number of nitrogens with one attached hydrogen (secondary N) is 2. The lowest BCUT2D eigenvalue weighted by Gasteiger charge is -2.12. The molecule has 1 aliphatic rings. The molecule has 0 fully saturated rings. The average molecular weight is 370 g/mol. The number of carbonyl (C=O) groups excluding carboxylic acids is 3. The predicted molar refractivity (Wildman–Crippen MR) is 109 cm³/mol. The largest absolute Gasteiger partial charge is 0.385 e. The summed E-state index contributed by atoms with van der Waals surface area (Å²) in [5.74, 6) is -1.12. The van der Waals surface area contributed by atoms with Crippen molar-refractivity contribution in [3.63, 3.8) is 0 Å². The number of rotatable bonds is 9. The molecule has 1 amide bonds. The van der Waals surface area contributed by atoms with Crippen LogP contribution in [0.25, 0.3) is 0 Å². The van der Waals surface area contributed by atoms with Crippen LogP contribution in [0.5, 0.6) is 0 Å². The van der Waals surface area contributed by atoms with E-state index in [1.54, 1.807) is 7.05 Å². The number of likely N-dealkylation sites (N-methyl/N-ethyl adjacent to an activating group) is 1. The first-order chi connectivity index (χ1) is 12.7. The summed E-state index contributed by atoms with van der Waals surface area (Å²) in [6, 6.07) is 0. The van der Waals surface area contributed by atoms with Gasteiger partial charge in [0.05, 0.1) is 11.4 Å². The molecule has 1 rings (SSSR count). The van der Waals surface area contributed by atoms with Gasteiger partial charge in [-0.2, -0.15) is 0 Å². The summed E-state index contributed by atoms with van der Waals surface area (Å²) in [5.41, 5.74) is 3.81. The van der Waals surface area contributed by atoms with Crippen LogP contribution in [0.15, 0.2) is 58.5 Å². The molecule has 2 N–H and O–H groups in total. The van der Waals surface area contributed by atoms with Crippen molar-refractivity contribution in [3.05, 3.63) is 58.5 Å². The van der Waals surface area contributed by atoms with Crippen LogP contribution >= 0.6 is 0 Å². The number of allylic oxidation sites excluding steroid dienone is 7. The topological polar surface area (TPSA) is 75.3 Å². The Morgan fingerprint density at radius 3 is 2.07 bits per heavy atom. The molecular formula is C22H30N2O3. The Morgan fingerprint density at radius 1 is 0.889 bits per heavy atom. The van der Waals surface area contributed by atoms with E-state index in [9.17, 15) is 14.4 Å². The summed E-state index contributed by atoms with van der Waals surface area (Å²) in [5, 5.41) is 5.15. The van der Waals surface area contributed by atoms with Gasteiger partial charge in [0.2, 0.25) is 17.5 Å². The smallest absolute Gasteiger partial charge is 0.248 e. The van der Waals surface area contributed by atoms with E-state index >= 15 is 0 Å². The van der Waals surface area contributed by atoms with Crippen molar-refractivity contribution in [2.24, 2.45) is 0 Å². The molecule has 0 aliphatic heterocycles. The maximum absolute atomic E-state index is 12.1. The third-order valence-corrected chi connectivity index (χ3v) is 4.11. The predicted octanol–water partition coefficient (Wildman–Crippen LogP) is 3.66. The third-order valence-electron chi connectivity index (χ3n) is 4.11. The van der Waals surface area contributed by atoms with Gasteiger partial charge in [0, 0.05) is 25.3 Å². The van der Waals surface area contributed by atoms with Gasteiger partial charge >= 0.3 is 0 Å². The third kappa shape index (κ3) is 8.49. The Balaban J connectivity index is 2.51. The van der Waals surface area contributed by atoms with E-state index in [1.807, 2.05) is 6.92 Å². The van der Waals surface area contributed by atoms with Gasteiger partial charge in [-0.3, -0.25) is 14.4 Å². The van der Waals surface area contributed by atoms with Gasteiger partial charge in [0.25, 0.3) is 0 Å². The van der Waals surface area contributed by atoms with Crippen LogP contribution in [0, 0.1) is 0 Å². The fraction of sp³-hybridized carbons (Fsp3) is 0.409. The Hall–Kier alpha value is -2.69. The zero-order chi connectivity index (χ0) is 20.4. The van der Waals surface area contributed by atoms with Crippen molar-refractivity contribution in [3.8, 4) is 0 Å². The zero-order valence-electron chi connectivity index (χ0n) is 16.9. The van der Waals surface area contributed by atoms with E-state index in [4.69, 9.17) is 0 Å². The normalized spacial score (nSPS) is 15.1. The van der Waals surface area contributed by atoms with Gasteiger partial charge in [-0.05, 0) is 53.4 Å². The second-order valence-corrected chi connectivity index (χ2v) is 6.98. The highest BCUT2D eigenvalue weighted by atomic mass is 16.2. The highest BCUT2D eigenvalue weighted by Crippen LogP contribution is 2.12. The van der Waals surface area contributed by atoms with Crippen LogP contribution in [0.1, 0.15) is 53.4 Å². The Labute approximate surface area is 162 Å².